The minimum absolute atomic E-state index is 0.371. The van der Waals surface area contributed by atoms with Gasteiger partial charge in [-0.2, -0.15) is 11.8 Å². The molecule has 0 aliphatic heterocycles. The molecule has 0 aromatic heterocycles. The summed E-state index contributed by atoms with van der Waals surface area (Å²) in [5, 5.41) is 5.88. The second-order valence-corrected chi connectivity index (χ2v) is 6.10. The van der Waals surface area contributed by atoms with E-state index in [1.54, 1.807) is 18.7 Å². The van der Waals surface area contributed by atoms with E-state index in [9.17, 15) is 9.59 Å². The summed E-state index contributed by atoms with van der Waals surface area (Å²) in [5.41, 5.74) is 6.28. The Morgan fingerprint density at radius 3 is 2.62 bits per heavy atom. The highest BCUT2D eigenvalue weighted by atomic mass is 35.5. The van der Waals surface area contributed by atoms with Crippen LogP contribution in [0.3, 0.4) is 0 Å². The number of hydrogen-bond donors (Lipinski definition) is 3. The summed E-state index contributed by atoms with van der Waals surface area (Å²) >= 11 is 7.61. The molecular formula is C14H20ClN3O2S. The highest BCUT2D eigenvalue weighted by Crippen LogP contribution is 2.15. The Morgan fingerprint density at radius 1 is 1.33 bits per heavy atom. The van der Waals surface area contributed by atoms with Gasteiger partial charge < -0.3 is 16.4 Å². The molecule has 0 saturated carbocycles. The first-order valence-electron chi connectivity index (χ1n) is 6.65. The lowest BCUT2D eigenvalue weighted by atomic mass is 10.2. The molecule has 7 heteroatoms. The lowest BCUT2D eigenvalue weighted by molar-refractivity contribution is -0.119. The Labute approximate surface area is 134 Å². The number of primary amides is 1. The monoisotopic (exact) mass is 329 g/mol. The maximum Gasteiger partial charge on any atom is 0.315 e. The van der Waals surface area contributed by atoms with Gasteiger partial charge in [0.15, 0.2) is 0 Å². The van der Waals surface area contributed by atoms with Gasteiger partial charge in [0.2, 0.25) is 5.91 Å². The Hall–Kier alpha value is -1.40. The highest BCUT2D eigenvalue weighted by Gasteiger charge is 2.10. The zero-order valence-corrected chi connectivity index (χ0v) is 13.5. The van der Waals surface area contributed by atoms with E-state index in [1.165, 1.54) is 5.56 Å². The van der Waals surface area contributed by atoms with Crippen molar-refractivity contribution in [3.63, 3.8) is 0 Å². The largest absolute Gasteiger partial charge is 0.368 e. The Bertz CT molecular complexity index is 468. The lowest BCUT2D eigenvalue weighted by Crippen LogP contribution is -2.47. The first-order valence-corrected chi connectivity index (χ1v) is 8.18. The quantitative estimate of drug-likeness (QED) is 0.639. The standard InChI is InChI=1S/C14H20ClN3O2S/c1-10(13(16)19)18-14(20)17-7-2-8-21-9-11-3-5-12(15)6-4-11/h3-6,10H,2,7-9H2,1H3,(H2,16,19)(H2,17,18,20)/t10-/m1/s1. The fraction of sp³-hybridized carbons (Fsp3) is 0.429. The summed E-state index contributed by atoms with van der Waals surface area (Å²) in [5.74, 6) is 1.31. The second kappa shape index (κ2) is 9.52. The van der Waals surface area contributed by atoms with Crippen LogP contribution in [0.25, 0.3) is 0 Å². The molecule has 3 amide bonds. The van der Waals surface area contributed by atoms with E-state index < -0.39 is 11.9 Å². The van der Waals surface area contributed by atoms with Crippen LogP contribution in [0.2, 0.25) is 5.02 Å². The van der Waals surface area contributed by atoms with Crippen LogP contribution in [0.5, 0.6) is 0 Å². The Kier molecular flexibility index (Phi) is 8.00. The number of halogens is 1. The van der Waals surface area contributed by atoms with E-state index in [0.29, 0.717) is 6.54 Å². The first-order chi connectivity index (χ1) is 9.99. The SMILES string of the molecule is C[C@@H](NC(=O)NCCCSCc1ccc(Cl)cc1)C(N)=O. The Balaban J connectivity index is 2.05. The van der Waals surface area contributed by atoms with Gasteiger partial charge in [0.1, 0.15) is 6.04 Å². The molecule has 0 fully saturated rings. The van der Waals surface area contributed by atoms with Crippen LogP contribution in [0.15, 0.2) is 24.3 Å². The van der Waals surface area contributed by atoms with Gasteiger partial charge in [0.25, 0.3) is 0 Å². The van der Waals surface area contributed by atoms with Crippen molar-refractivity contribution >= 4 is 35.3 Å². The molecule has 116 valence electrons. The van der Waals surface area contributed by atoms with Crippen LogP contribution in [-0.2, 0) is 10.5 Å². The molecule has 1 atom stereocenters. The molecule has 0 heterocycles. The third-order valence-corrected chi connectivity index (χ3v) is 4.07. The summed E-state index contributed by atoms with van der Waals surface area (Å²) in [7, 11) is 0. The minimum Gasteiger partial charge on any atom is -0.368 e. The number of carbonyl (C=O) groups is 2. The van der Waals surface area contributed by atoms with Crippen LogP contribution in [0.1, 0.15) is 18.9 Å². The molecule has 0 bridgehead atoms. The molecule has 0 unspecified atom stereocenters. The smallest absolute Gasteiger partial charge is 0.315 e. The average Bonchev–Trinajstić information content (AvgIpc) is 2.44. The van der Waals surface area contributed by atoms with Gasteiger partial charge in [0, 0.05) is 17.3 Å². The van der Waals surface area contributed by atoms with Crippen LogP contribution in [0, 0.1) is 0 Å². The number of thioether (sulfide) groups is 1. The summed E-state index contributed by atoms with van der Waals surface area (Å²) < 4.78 is 0. The number of nitrogens with one attached hydrogen (secondary N) is 2. The fourth-order valence-electron chi connectivity index (χ4n) is 1.47. The number of rotatable bonds is 8. The molecule has 0 aliphatic carbocycles. The zero-order chi connectivity index (χ0) is 15.7. The van der Waals surface area contributed by atoms with Crippen molar-refractivity contribution in [2.75, 3.05) is 12.3 Å². The number of amides is 3. The molecule has 1 rings (SSSR count). The lowest BCUT2D eigenvalue weighted by Gasteiger charge is -2.11. The van der Waals surface area contributed by atoms with E-state index in [0.717, 1.165) is 22.9 Å². The minimum atomic E-state index is -0.663. The van der Waals surface area contributed by atoms with Gasteiger partial charge in [-0.3, -0.25) is 4.79 Å². The predicted molar refractivity (Wildman–Crippen MR) is 87.4 cm³/mol. The molecule has 0 spiro atoms. The summed E-state index contributed by atoms with van der Waals surface area (Å²) in [6, 6.07) is 6.73. The Morgan fingerprint density at radius 2 is 2.00 bits per heavy atom. The van der Waals surface area contributed by atoms with Crippen molar-refractivity contribution in [3.05, 3.63) is 34.9 Å². The molecule has 0 radical (unpaired) electrons. The third kappa shape index (κ3) is 7.82. The van der Waals surface area contributed by atoms with E-state index >= 15 is 0 Å². The normalized spacial score (nSPS) is 11.7. The first kappa shape index (κ1) is 17.7. The van der Waals surface area contributed by atoms with Gasteiger partial charge in [-0.1, -0.05) is 23.7 Å². The zero-order valence-electron chi connectivity index (χ0n) is 11.9. The molecule has 1 aromatic rings. The predicted octanol–water partition coefficient (Wildman–Crippen LogP) is 2.14. The van der Waals surface area contributed by atoms with Crippen molar-refractivity contribution in [1.82, 2.24) is 10.6 Å². The van der Waals surface area contributed by atoms with Crippen LogP contribution >= 0.6 is 23.4 Å². The van der Waals surface area contributed by atoms with Crippen molar-refractivity contribution in [3.8, 4) is 0 Å². The van der Waals surface area contributed by atoms with Crippen molar-refractivity contribution in [2.24, 2.45) is 5.73 Å². The highest BCUT2D eigenvalue weighted by molar-refractivity contribution is 7.98. The topological polar surface area (TPSA) is 84.2 Å². The van der Waals surface area contributed by atoms with Crippen molar-refractivity contribution in [1.29, 1.82) is 0 Å². The van der Waals surface area contributed by atoms with E-state index in [2.05, 4.69) is 10.6 Å². The molecule has 4 N–H and O–H groups in total. The molecule has 1 aromatic carbocycles. The van der Waals surface area contributed by atoms with Crippen LogP contribution < -0.4 is 16.4 Å². The number of hydrogen-bond acceptors (Lipinski definition) is 3. The number of urea groups is 1. The van der Waals surface area contributed by atoms with Crippen molar-refractivity contribution < 1.29 is 9.59 Å². The molecular weight excluding hydrogens is 310 g/mol. The average molecular weight is 330 g/mol. The molecule has 5 nitrogen and oxygen atoms in total. The third-order valence-electron chi connectivity index (χ3n) is 2.71. The van der Waals surface area contributed by atoms with Crippen LogP contribution in [0.4, 0.5) is 4.79 Å². The van der Waals surface area contributed by atoms with Gasteiger partial charge in [0.05, 0.1) is 0 Å². The molecule has 0 aliphatic rings. The van der Waals surface area contributed by atoms with Gasteiger partial charge in [-0.15, -0.1) is 0 Å². The number of carbonyl (C=O) groups excluding carboxylic acids is 2. The summed E-state index contributed by atoms with van der Waals surface area (Å²) in [4.78, 5) is 22.2. The van der Waals surface area contributed by atoms with Gasteiger partial charge in [-0.25, -0.2) is 4.79 Å². The van der Waals surface area contributed by atoms with E-state index in [4.69, 9.17) is 17.3 Å². The van der Waals surface area contributed by atoms with Crippen molar-refractivity contribution in [2.45, 2.75) is 25.1 Å². The molecule has 21 heavy (non-hydrogen) atoms. The van der Waals surface area contributed by atoms with Gasteiger partial charge in [-0.05, 0) is 36.8 Å². The number of benzene rings is 1. The van der Waals surface area contributed by atoms with E-state index in [1.807, 2.05) is 24.3 Å². The van der Waals surface area contributed by atoms with Crippen LogP contribution in [-0.4, -0.2) is 30.3 Å². The second-order valence-electron chi connectivity index (χ2n) is 4.56. The number of nitrogens with two attached hydrogens (primary N) is 1. The summed E-state index contributed by atoms with van der Waals surface area (Å²) in [6.45, 7) is 2.11. The fourth-order valence-corrected chi connectivity index (χ4v) is 2.51. The van der Waals surface area contributed by atoms with E-state index in [-0.39, 0.29) is 6.03 Å². The van der Waals surface area contributed by atoms with Gasteiger partial charge >= 0.3 is 6.03 Å². The summed E-state index contributed by atoms with van der Waals surface area (Å²) in [6.07, 6.45) is 0.858. The maximum absolute atomic E-state index is 11.4. The molecule has 0 saturated heterocycles. The maximum atomic E-state index is 11.4.